The Bertz CT molecular complexity index is 789. The highest BCUT2D eigenvalue weighted by Crippen LogP contribution is 2.12. The minimum atomic E-state index is -3.36. The van der Waals surface area contributed by atoms with Gasteiger partial charge in [0.25, 0.3) is 5.91 Å². The van der Waals surface area contributed by atoms with Crippen LogP contribution in [0.5, 0.6) is 0 Å². The summed E-state index contributed by atoms with van der Waals surface area (Å²) in [4.78, 5) is 12.0. The van der Waals surface area contributed by atoms with Crippen LogP contribution in [0.25, 0.3) is 0 Å². The van der Waals surface area contributed by atoms with E-state index in [1.54, 1.807) is 24.3 Å². The van der Waals surface area contributed by atoms with Crippen molar-refractivity contribution < 1.29 is 13.2 Å². The average Bonchev–Trinajstić information content (AvgIpc) is 2.55. The summed E-state index contributed by atoms with van der Waals surface area (Å²) < 4.78 is 25.4. The topological polar surface area (TPSA) is 66.5 Å². The minimum absolute atomic E-state index is 0.208. The molecule has 0 radical (unpaired) electrons. The minimum Gasteiger partial charge on any atom is -0.351 e. The summed E-state index contributed by atoms with van der Waals surface area (Å²) >= 11 is 0. The summed E-state index contributed by atoms with van der Waals surface area (Å²) in [6.45, 7) is 2.73. The second-order valence-electron chi connectivity index (χ2n) is 5.64. The van der Waals surface area contributed by atoms with Crippen LogP contribution < -0.4 is 5.32 Å². The zero-order chi connectivity index (χ0) is 17.6. The van der Waals surface area contributed by atoms with Gasteiger partial charge in [0.1, 0.15) is 0 Å². The molecule has 0 aliphatic carbocycles. The van der Waals surface area contributed by atoms with Crippen LogP contribution in [0, 0.1) is 6.92 Å². The molecule has 1 amide bonds. The van der Waals surface area contributed by atoms with Crippen molar-refractivity contribution >= 4 is 15.9 Å². The fraction of sp³-hybridized carbons (Fsp3) is 0.278. The first kappa shape index (κ1) is 18.2. The Labute approximate surface area is 143 Å². The fourth-order valence-corrected chi connectivity index (χ4v) is 3.12. The van der Waals surface area contributed by atoms with Crippen LogP contribution in [0.1, 0.15) is 21.5 Å². The third kappa shape index (κ3) is 5.18. The van der Waals surface area contributed by atoms with Crippen LogP contribution >= 0.6 is 0 Å². The van der Waals surface area contributed by atoms with Gasteiger partial charge in [-0.1, -0.05) is 42.5 Å². The van der Waals surface area contributed by atoms with Crippen molar-refractivity contribution in [3.63, 3.8) is 0 Å². The monoisotopic (exact) mass is 346 g/mol. The number of carbonyl (C=O) groups is 1. The Morgan fingerprint density at radius 3 is 2.29 bits per heavy atom. The summed E-state index contributed by atoms with van der Waals surface area (Å²) in [7, 11) is -3.36. The Hall–Kier alpha value is -2.18. The molecule has 6 heteroatoms. The standard InChI is InChI=1S/C18H22N2O3S/c1-15-8-6-7-11-17(15)14-20(24(2,22)23)13-12-19-18(21)16-9-4-3-5-10-16/h3-11H,12-14H2,1-2H3,(H,19,21). The molecule has 128 valence electrons. The molecule has 0 fully saturated rings. The zero-order valence-corrected chi connectivity index (χ0v) is 14.7. The zero-order valence-electron chi connectivity index (χ0n) is 13.9. The Kier molecular flexibility index (Phi) is 6.11. The maximum atomic E-state index is 12.0. The van der Waals surface area contributed by atoms with E-state index in [-0.39, 0.29) is 19.0 Å². The molecule has 0 spiro atoms. The molecule has 0 aromatic heterocycles. The number of rotatable bonds is 7. The first-order valence-electron chi connectivity index (χ1n) is 7.71. The lowest BCUT2D eigenvalue weighted by Gasteiger charge is -2.21. The number of benzene rings is 2. The number of amides is 1. The van der Waals surface area contributed by atoms with Crippen molar-refractivity contribution in [2.24, 2.45) is 0 Å². The Morgan fingerprint density at radius 1 is 1.04 bits per heavy atom. The molecule has 0 aliphatic heterocycles. The summed E-state index contributed by atoms with van der Waals surface area (Å²) in [5.74, 6) is -0.208. The molecule has 0 saturated heterocycles. The molecule has 0 saturated carbocycles. The molecule has 0 aliphatic rings. The van der Waals surface area contributed by atoms with Crippen molar-refractivity contribution in [3.05, 3.63) is 71.3 Å². The van der Waals surface area contributed by atoms with Gasteiger partial charge in [-0.25, -0.2) is 8.42 Å². The highest BCUT2D eigenvalue weighted by atomic mass is 32.2. The van der Waals surface area contributed by atoms with E-state index in [2.05, 4.69) is 5.32 Å². The smallest absolute Gasteiger partial charge is 0.251 e. The van der Waals surface area contributed by atoms with Crippen LogP contribution in [0.4, 0.5) is 0 Å². The van der Waals surface area contributed by atoms with Gasteiger partial charge < -0.3 is 5.32 Å². The van der Waals surface area contributed by atoms with E-state index < -0.39 is 10.0 Å². The maximum Gasteiger partial charge on any atom is 0.251 e. The van der Waals surface area contributed by atoms with Crippen molar-refractivity contribution in [1.82, 2.24) is 9.62 Å². The summed E-state index contributed by atoms with van der Waals surface area (Å²) in [5, 5.41) is 2.76. The van der Waals surface area contributed by atoms with Gasteiger partial charge in [0, 0.05) is 25.2 Å². The Balaban J connectivity index is 1.98. The number of hydrogen-bond donors (Lipinski definition) is 1. The molecule has 2 aromatic carbocycles. The number of nitrogens with one attached hydrogen (secondary N) is 1. The largest absolute Gasteiger partial charge is 0.351 e. The first-order chi connectivity index (χ1) is 11.4. The van der Waals surface area contributed by atoms with Gasteiger partial charge in [0.15, 0.2) is 0 Å². The van der Waals surface area contributed by atoms with Crippen molar-refractivity contribution in [2.45, 2.75) is 13.5 Å². The summed E-state index contributed by atoms with van der Waals surface area (Å²) in [6, 6.07) is 16.5. The lowest BCUT2D eigenvalue weighted by molar-refractivity contribution is 0.0951. The van der Waals surface area contributed by atoms with Gasteiger partial charge in [-0.2, -0.15) is 4.31 Å². The van der Waals surface area contributed by atoms with E-state index in [1.165, 1.54) is 10.6 Å². The first-order valence-corrected chi connectivity index (χ1v) is 9.55. The van der Waals surface area contributed by atoms with E-state index in [4.69, 9.17) is 0 Å². The van der Waals surface area contributed by atoms with Gasteiger partial charge >= 0.3 is 0 Å². The quantitative estimate of drug-likeness (QED) is 0.836. The van der Waals surface area contributed by atoms with Gasteiger partial charge in [-0.05, 0) is 30.2 Å². The van der Waals surface area contributed by atoms with E-state index in [0.717, 1.165) is 11.1 Å². The SMILES string of the molecule is Cc1ccccc1CN(CCNC(=O)c1ccccc1)S(C)(=O)=O. The van der Waals surface area contributed by atoms with Gasteiger partial charge in [0.2, 0.25) is 10.0 Å². The van der Waals surface area contributed by atoms with Crippen LogP contribution in [0.3, 0.4) is 0 Å². The van der Waals surface area contributed by atoms with Crippen molar-refractivity contribution in [3.8, 4) is 0 Å². The summed E-state index contributed by atoms with van der Waals surface area (Å²) in [5.41, 5.74) is 2.55. The van der Waals surface area contributed by atoms with Crippen LogP contribution in [-0.2, 0) is 16.6 Å². The van der Waals surface area contributed by atoms with E-state index in [1.807, 2.05) is 37.3 Å². The second-order valence-corrected chi connectivity index (χ2v) is 7.63. The van der Waals surface area contributed by atoms with E-state index >= 15 is 0 Å². The normalized spacial score (nSPS) is 11.5. The number of aryl methyl sites for hydroxylation is 1. The highest BCUT2D eigenvalue weighted by molar-refractivity contribution is 7.88. The lowest BCUT2D eigenvalue weighted by Crippen LogP contribution is -2.37. The molecule has 2 aromatic rings. The van der Waals surface area contributed by atoms with Crippen LogP contribution in [-0.4, -0.2) is 38.0 Å². The third-order valence-corrected chi connectivity index (χ3v) is 5.01. The van der Waals surface area contributed by atoms with Crippen LogP contribution in [0.15, 0.2) is 54.6 Å². The van der Waals surface area contributed by atoms with Gasteiger partial charge in [-0.15, -0.1) is 0 Å². The number of nitrogens with zero attached hydrogens (tertiary/aromatic N) is 1. The molecule has 24 heavy (non-hydrogen) atoms. The van der Waals surface area contributed by atoms with Crippen molar-refractivity contribution in [1.29, 1.82) is 0 Å². The molecule has 0 atom stereocenters. The molecule has 5 nitrogen and oxygen atoms in total. The van der Waals surface area contributed by atoms with Gasteiger partial charge in [0.05, 0.1) is 6.26 Å². The van der Waals surface area contributed by atoms with Gasteiger partial charge in [-0.3, -0.25) is 4.79 Å². The number of sulfonamides is 1. The lowest BCUT2D eigenvalue weighted by atomic mass is 10.1. The third-order valence-electron chi connectivity index (χ3n) is 3.76. The molecule has 0 unspecified atom stereocenters. The number of hydrogen-bond acceptors (Lipinski definition) is 3. The molecule has 0 heterocycles. The van der Waals surface area contributed by atoms with E-state index in [0.29, 0.717) is 12.1 Å². The predicted molar refractivity (Wildman–Crippen MR) is 95.2 cm³/mol. The summed E-state index contributed by atoms with van der Waals surface area (Å²) in [6.07, 6.45) is 1.18. The predicted octanol–water partition coefficient (Wildman–Crippen LogP) is 2.19. The molecule has 1 N–H and O–H groups in total. The number of carbonyl (C=O) groups excluding carboxylic acids is 1. The molecular formula is C18H22N2O3S. The van der Waals surface area contributed by atoms with Crippen molar-refractivity contribution in [2.75, 3.05) is 19.3 Å². The molecule has 2 rings (SSSR count). The molecule has 0 bridgehead atoms. The molecular weight excluding hydrogens is 324 g/mol. The Morgan fingerprint density at radius 2 is 1.67 bits per heavy atom. The highest BCUT2D eigenvalue weighted by Gasteiger charge is 2.18. The van der Waals surface area contributed by atoms with Crippen LogP contribution in [0.2, 0.25) is 0 Å². The maximum absolute atomic E-state index is 12.0. The van der Waals surface area contributed by atoms with E-state index in [9.17, 15) is 13.2 Å². The second kappa shape index (κ2) is 8.08. The average molecular weight is 346 g/mol. The fourth-order valence-electron chi connectivity index (χ4n) is 2.33.